The minimum Gasteiger partial charge on any atom is -0.481 e. The summed E-state index contributed by atoms with van der Waals surface area (Å²) in [4.78, 5) is 12.8. The second-order valence-electron chi connectivity index (χ2n) is 14.2. The van der Waals surface area contributed by atoms with Gasteiger partial charge in [0.1, 0.15) is 0 Å². The number of carboxylic acids is 1. The third-order valence-electron chi connectivity index (χ3n) is 12.9. The quantitative estimate of drug-likeness (QED) is 0.403. The molecule has 0 radical (unpaired) electrons. The van der Waals surface area contributed by atoms with Crippen molar-refractivity contribution < 1.29 is 20.1 Å². The fraction of sp³-hybridized carbons (Fsp3) is 0.833. The van der Waals surface area contributed by atoms with Crippen molar-refractivity contribution in [1.29, 1.82) is 0 Å². The Kier molecular flexibility index (Phi) is 5.21. The SMILES string of the molecule is CC1=C(C)[C@H]2C3=CC[C@@H]4[C@@]5(C)C[C@@H](O)[C@H](O)C(C)(C)[C@@H]5CC[C@@]4(C)[C@]3(C)CC[C@@]2(C(=O)O)CC1. The zero-order valence-corrected chi connectivity index (χ0v) is 22.4. The van der Waals surface area contributed by atoms with Crippen LogP contribution in [0.4, 0.5) is 0 Å². The third kappa shape index (κ3) is 2.71. The minimum absolute atomic E-state index is 0.0102. The van der Waals surface area contributed by atoms with Crippen LogP contribution >= 0.6 is 0 Å². The molecule has 0 spiro atoms. The summed E-state index contributed by atoms with van der Waals surface area (Å²) in [6.07, 6.45) is 8.19. The Hall–Kier alpha value is -1.13. The summed E-state index contributed by atoms with van der Waals surface area (Å²) in [6, 6.07) is 0. The second kappa shape index (κ2) is 7.22. The molecule has 34 heavy (non-hydrogen) atoms. The highest BCUT2D eigenvalue weighted by Gasteiger charge is 2.69. The fourth-order valence-electron chi connectivity index (χ4n) is 10.6. The molecule has 0 bridgehead atoms. The number of aliphatic carboxylic acids is 1. The van der Waals surface area contributed by atoms with Crippen LogP contribution in [0.5, 0.6) is 0 Å². The molecule has 0 aliphatic heterocycles. The molecule has 190 valence electrons. The molecule has 0 heterocycles. The lowest BCUT2D eigenvalue weighted by molar-refractivity contribution is -0.230. The van der Waals surface area contributed by atoms with E-state index in [0.717, 1.165) is 44.9 Å². The van der Waals surface area contributed by atoms with Crippen molar-refractivity contribution in [3.63, 3.8) is 0 Å². The van der Waals surface area contributed by atoms with Crippen LogP contribution in [0.2, 0.25) is 0 Å². The van der Waals surface area contributed by atoms with Crippen LogP contribution in [0, 0.1) is 44.8 Å². The fourth-order valence-corrected chi connectivity index (χ4v) is 10.6. The lowest BCUT2D eigenvalue weighted by atomic mass is 9.33. The van der Waals surface area contributed by atoms with Crippen LogP contribution < -0.4 is 0 Å². The summed E-state index contributed by atoms with van der Waals surface area (Å²) in [5.74, 6) is 0.188. The first-order valence-electron chi connectivity index (χ1n) is 13.6. The summed E-state index contributed by atoms with van der Waals surface area (Å²) >= 11 is 0. The first kappa shape index (κ1) is 24.6. The Labute approximate surface area is 205 Å². The van der Waals surface area contributed by atoms with Gasteiger partial charge in [0.25, 0.3) is 0 Å². The average Bonchev–Trinajstić information content (AvgIpc) is 2.75. The van der Waals surface area contributed by atoms with E-state index in [4.69, 9.17) is 0 Å². The number of hydrogen-bond donors (Lipinski definition) is 3. The van der Waals surface area contributed by atoms with E-state index in [0.29, 0.717) is 18.3 Å². The Bertz CT molecular complexity index is 976. The molecule has 3 saturated carbocycles. The van der Waals surface area contributed by atoms with Gasteiger partial charge in [0, 0.05) is 5.92 Å². The van der Waals surface area contributed by atoms with Crippen LogP contribution in [0.1, 0.15) is 99.8 Å². The molecular formula is C30H46O4. The van der Waals surface area contributed by atoms with E-state index in [9.17, 15) is 20.1 Å². The van der Waals surface area contributed by atoms with Crippen molar-refractivity contribution in [1.82, 2.24) is 0 Å². The summed E-state index contributed by atoms with van der Waals surface area (Å²) < 4.78 is 0. The van der Waals surface area contributed by atoms with Crippen LogP contribution in [0.3, 0.4) is 0 Å². The number of aliphatic hydroxyl groups excluding tert-OH is 2. The number of carbonyl (C=O) groups is 1. The van der Waals surface area contributed by atoms with Gasteiger partial charge in [-0.15, -0.1) is 0 Å². The van der Waals surface area contributed by atoms with Crippen molar-refractivity contribution in [2.75, 3.05) is 0 Å². The van der Waals surface area contributed by atoms with E-state index in [1.165, 1.54) is 16.7 Å². The molecule has 9 atom stereocenters. The molecule has 0 saturated heterocycles. The van der Waals surface area contributed by atoms with E-state index in [1.807, 2.05) is 0 Å². The van der Waals surface area contributed by atoms with Gasteiger partial charge in [0.05, 0.1) is 17.6 Å². The van der Waals surface area contributed by atoms with Gasteiger partial charge in [0.2, 0.25) is 0 Å². The minimum atomic E-state index is -0.686. The number of carboxylic acid groups (broad SMARTS) is 1. The Balaban J connectivity index is 1.65. The maximum absolute atomic E-state index is 12.8. The summed E-state index contributed by atoms with van der Waals surface area (Å²) in [6.45, 7) is 16.0. The third-order valence-corrected chi connectivity index (χ3v) is 12.9. The molecule has 0 unspecified atom stereocenters. The van der Waals surface area contributed by atoms with Crippen molar-refractivity contribution in [2.24, 2.45) is 44.8 Å². The lowest BCUT2D eigenvalue weighted by Gasteiger charge is -2.71. The normalized spacial score (nSPS) is 52.0. The maximum Gasteiger partial charge on any atom is 0.310 e. The molecule has 5 aliphatic rings. The van der Waals surface area contributed by atoms with Gasteiger partial charge in [-0.2, -0.15) is 0 Å². The van der Waals surface area contributed by atoms with Gasteiger partial charge in [-0.05, 0) is 98.7 Å². The van der Waals surface area contributed by atoms with Crippen molar-refractivity contribution in [3.8, 4) is 0 Å². The van der Waals surface area contributed by atoms with Crippen molar-refractivity contribution in [3.05, 3.63) is 22.8 Å². The molecule has 3 fully saturated rings. The summed E-state index contributed by atoms with van der Waals surface area (Å²) in [5, 5.41) is 32.4. The number of aliphatic hydroxyl groups is 2. The molecular weight excluding hydrogens is 424 g/mol. The molecule has 4 heteroatoms. The lowest BCUT2D eigenvalue weighted by Crippen LogP contribution is -2.66. The van der Waals surface area contributed by atoms with Gasteiger partial charge < -0.3 is 15.3 Å². The van der Waals surface area contributed by atoms with E-state index in [1.54, 1.807) is 0 Å². The molecule has 0 aromatic heterocycles. The van der Waals surface area contributed by atoms with Crippen LogP contribution in [0.25, 0.3) is 0 Å². The van der Waals surface area contributed by atoms with Gasteiger partial charge in [-0.3, -0.25) is 4.79 Å². The number of allylic oxidation sites excluding steroid dienone is 4. The van der Waals surface area contributed by atoms with Crippen LogP contribution in [-0.4, -0.2) is 33.5 Å². The predicted molar refractivity (Wildman–Crippen MR) is 134 cm³/mol. The molecule has 3 N–H and O–H groups in total. The number of fused-ring (bicyclic) bond motifs is 7. The molecule has 5 rings (SSSR count). The summed E-state index contributed by atoms with van der Waals surface area (Å²) in [5.41, 5.74) is 3.05. The van der Waals surface area contributed by atoms with Gasteiger partial charge in [-0.1, -0.05) is 57.4 Å². The zero-order valence-electron chi connectivity index (χ0n) is 22.4. The van der Waals surface area contributed by atoms with Crippen LogP contribution in [0.15, 0.2) is 22.8 Å². The number of hydrogen-bond acceptors (Lipinski definition) is 3. The van der Waals surface area contributed by atoms with Gasteiger partial charge >= 0.3 is 5.97 Å². The molecule has 5 aliphatic carbocycles. The van der Waals surface area contributed by atoms with Gasteiger partial charge in [-0.25, -0.2) is 0 Å². The first-order chi connectivity index (χ1) is 15.7. The van der Waals surface area contributed by atoms with Crippen molar-refractivity contribution >= 4 is 5.97 Å². The van der Waals surface area contributed by atoms with E-state index >= 15 is 0 Å². The van der Waals surface area contributed by atoms with E-state index in [2.05, 4.69) is 54.5 Å². The zero-order chi connectivity index (χ0) is 25.1. The molecule has 4 nitrogen and oxygen atoms in total. The highest BCUT2D eigenvalue weighted by molar-refractivity contribution is 5.78. The second-order valence-corrected chi connectivity index (χ2v) is 14.2. The maximum atomic E-state index is 12.8. The van der Waals surface area contributed by atoms with E-state index in [-0.39, 0.29) is 27.6 Å². The smallest absolute Gasteiger partial charge is 0.310 e. The average molecular weight is 471 g/mol. The first-order valence-corrected chi connectivity index (χ1v) is 13.6. The van der Waals surface area contributed by atoms with Crippen LogP contribution in [-0.2, 0) is 4.79 Å². The Morgan fingerprint density at radius 1 is 0.971 bits per heavy atom. The Morgan fingerprint density at radius 2 is 1.65 bits per heavy atom. The van der Waals surface area contributed by atoms with E-state index < -0.39 is 23.6 Å². The monoisotopic (exact) mass is 470 g/mol. The molecule has 0 aromatic rings. The predicted octanol–water partition coefficient (Wildman–Crippen LogP) is 6.12. The highest BCUT2D eigenvalue weighted by atomic mass is 16.4. The molecule has 0 amide bonds. The van der Waals surface area contributed by atoms with Gasteiger partial charge in [0.15, 0.2) is 0 Å². The number of rotatable bonds is 1. The van der Waals surface area contributed by atoms with Crippen molar-refractivity contribution in [2.45, 2.75) is 112 Å². The topological polar surface area (TPSA) is 77.8 Å². The Morgan fingerprint density at radius 3 is 2.29 bits per heavy atom. The standard InChI is InChI=1S/C30H46O4/c1-17-10-13-30(25(33)34)15-14-28(6)19(23(30)18(17)2)8-9-22-27(5)16-20(31)24(32)26(3,4)21(27)11-12-29(22,28)7/h8,20-24,31-32H,9-16H2,1-7H3,(H,33,34)/t20-,21+,22-,23+,24+,27+,28-,29-,30+/m1/s1. The molecule has 0 aromatic carbocycles. The largest absolute Gasteiger partial charge is 0.481 e. The summed E-state index contributed by atoms with van der Waals surface area (Å²) in [7, 11) is 0. The highest BCUT2D eigenvalue weighted by Crippen LogP contribution is 2.75.